The zero-order valence-corrected chi connectivity index (χ0v) is 14.9. The van der Waals surface area contributed by atoms with Gasteiger partial charge in [0.15, 0.2) is 0 Å². The van der Waals surface area contributed by atoms with Gasteiger partial charge >= 0.3 is 0 Å². The Morgan fingerprint density at radius 3 is 2.74 bits per heavy atom. The van der Waals surface area contributed by atoms with Gasteiger partial charge in [-0.1, -0.05) is 13.8 Å². The predicted octanol–water partition coefficient (Wildman–Crippen LogP) is 1.85. The van der Waals surface area contributed by atoms with Crippen molar-refractivity contribution in [2.45, 2.75) is 53.2 Å². The Morgan fingerprint density at radius 2 is 2.13 bits per heavy atom. The summed E-state index contributed by atoms with van der Waals surface area (Å²) in [5.41, 5.74) is 0.328. The standard InChI is InChI=1S/C17H29N3O3/c1-6-23-10-9-20-14(11-13(2)18-20)15(21)19-8-7-17(5,22)16(3,4)12-19/h11,22H,6-10,12H2,1-5H3/t17-/m1/s1. The average Bonchev–Trinajstić information content (AvgIpc) is 2.82. The maximum atomic E-state index is 12.9. The second kappa shape index (κ2) is 6.61. The maximum absolute atomic E-state index is 12.9. The Hall–Kier alpha value is -1.40. The molecule has 23 heavy (non-hydrogen) atoms. The molecule has 1 N–H and O–H groups in total. The number of nitrogens with zero attached hydrogens (tertiary/aromatic N) is 3. The number of hydrogen-bond donors (Lipinski definition) is 1. The molecule has 0 unspecified atom stereocenters. The largest absolute Gasteiger partial charge is 0.389 e. The quantitative estimate of drug-likeness (QED) is 0.840. The molecule has 1 aliphatic heterocycles. The molecule has 1 amide bonds. The van der Waals surface area contributed by atoms with Crippen LogP contribution in [0.1, 0.15) is 50.3 Å². The van der Waals surface area contributed by atoms with E-state index < -0.39 is 5.60 Å². The van der Waals surface area contributed by atoms with E-state index >= 15 is 0 Å². The zero-order valence-electron chi connectivity index (χ0n) is 14.9. The molecule has 0 bridgehead atoms. The number of aryl methyl sites for hydroxylation is 1. The molecular weight excluding hydrogens is 294 g/mol. The van der Waals surface area contributed by atoms with E-state index in [2.05, 4.69) is 5.10 Å². The monoisotopic (exact) mass is 323 g/mol. The van der Waals surface area contributed by atoms with Gasteiger partial charge in [-0.05, 0) is 33.3 Å². The molecule has 0 spiro atoms. The lowest BCUT2D eigenvalue weighted by Crippen LogP contribution is -2.57. The average molecular weight is 323 g/mol. The van der Waals surface area contributed by atoms with Crippen LogP contribution in [0.4, 0.5) is 0 Å². The van der Waals surface area contributed by atoms with Crippen LogP contribution in [0, 0.1) is 12.3 Å². The highest BCUT2D eigenvalue weighted by atomic mass is 16.5. The van der Waals surface area contributed by atoms with Crippen LogP contribution >= 0.6 is 0 Å². The number of hydrogen-bond acceptors (Lipinski definition) is 4. The van der Waals surface area contributed by atoms with Crippen molar-refractivity contribution in [2.75, 3.05) is 26.3 Å². The lowest BCUT2D eigenvalue weighted by atomic mass is 9.71. The first-order valence-corrected chi connectivity index (χ1v) is 8.32. The molecule has 0 saturated carbocycles. The fourth-order valence-corrected chi connectivity index (χ4v) is 2.94. The second-order valence-electron chi connectivity index (χ2n) is 7.23. The number of carbonyl (C=O) groups excluding carboxylic acids is 1. The molecular formula is C17H29N3O3. The molecule has 1 aromatic rings. The lowest BCUT2D eigenvalue weighted by Gasteiger charge is -2.48. The Labute approximate surface area is 138 Å². The summed E-state index contributed by atoms with van der Waals surface area (Å²) in [6.07, 6.45) is 0.581. The van der Waals surface area contributed by atoms with Gasteiger partial charge in [-0.2, -0.15) is 5.10 Å². The van der Waals surface area contributed by atoms with E-state index in [0.29, 0.717) is 45.0 Å². The van der Waals surface area contributed by atoms with Gasteiger partial charge in [0, 0.05) is 25.1 Å². The van der Waals surface area contributed by atoms with Crippen molar-refractivity contribution in [3.63, 3.8) is 0 Å². The normalized spacial score (nSPS) is 24.0. The molecule has 0 aliphatic carbocycles. The summed E-state index contributed by atoms with van der Waals surface area (Å²) in [5, 5.41) is 14.9. The first kappa shape index (κ1) is 17.9. The number of piperidine rings is 1. The number of aromatic nitrogens is 2. The predicted molar refractivity (Wildman–Crippen MR) is 88.4 cm³/mol. The van der Waals surface area contributed by atoms with E-state index in [1.165, 1.54) is 0 Å². The fourth-order valence-electron chi connectivity index (χ4n) is 2.94. The van der Waals surface area contributed by atoms with Gasteiger partial charge < -0.3 is 14.7 Å². The van der Waals surface area contributed by atoms with Crippen molar-refractivity contribution in [3.8, 4) is 0 Å². The molecule has 1 aliphatic rings. The van der Waals surface area contributed by atoms with Gasteiger partial charge in [0.1, 0.15) is 5.69 Å². The minimum Gasteiger partial charge on any atom is -0.389 e. The van der Waals surface area contributed by atoms with Crippen LogP contribution in [0.25, 0.3) is 0 Å². The SMILES string of the molecule is CCOCCn1nc(C)cc1C(=O)N1CC[C@@](C)(O)C(C)(C)C1. The van der Waals surface area contributed by atoms with Crippen LogP contribution in [-0.2, 0) is 11.3 Å². The molecule has 6 nitrogen and oxygen atoms in total. The van der Waals surface area contributed by atoms with Gasteiger partial charge in [-0.15, -0.1) is 0 Å². The van der Waals surface area contributed by atoms with Crippen molar-refractivity contribution in [3.05, 3.63) is 17.5 Å². The highest BCUT2D eigenvalue weighted by molar-refractivity contribution is 5.92. The van der Waals surface area contributed by atoms with E-state index in [1.807, 2.05) is 45.6 Å². The molecule has 130 valence electrons. The third-order valence-electron chi connectivity index (χ3n) is 4.97. The summed E-state index contributed by atoms with van der Waals surface area (Å²) >= 11 is 0. The number of rotatable bonds is 5. The zero-order chi connectivity index (χ0) is 17.3. The van der Waals surface area contributed by atoms with Crippen LogP contribution < -0.4 is 0 Å². The summed E-state index contributed by atoms with van der Waals surface area (Å²) in [6.45, 7) is 12.6. The molecule has 1 fully saturated rings. The number of ether oxygens (including phenoxy) is 1. The Balaban J connectivity index is 2.15. The summed E-state index contributed by atoms with van der Waals surface area (Å²) in [4.78, 5) is 14.7. The smallest absolute Gasteiger partial charge is 0.272 e. The van der Waals surface area contributed by atoms with Crippen LogP contribution in [0.3, 0.4) is 0 Å². The number of amides is 1. The Kier molecular flexibility index (Phi) is 5.16. The highest BCUT2D eigenvalue weighted by Gasteiger charge is 2.45. The van der Waals surface area contributed by atoms with Crippen molar-refractivity contribution >= 4 is 5.91 Å². The van der Waals surface area contributed by atoms with Crippen molar-refractivity contribution < 1.29 is 14.6 Å². The van der Waals surface area contributed by atoms with Gasteiger partial charge in [-0.3, -0.25) is 9.48 Å². The molecule has 0 aromatic carbocycles. The van der Waals surface area contributed by atoms with Crippen molar-refractivity contribution in [1.82, 2.24) is 14.7 Å². The highest BCUT2D eigenvalue weighted by Crippen LogP contribution is 2.38. The summed E-state index contributed by atoms with van der Waals surface area (Å²) in [6, 6.07) is 1.83. The van der Waals surface area contributed by atoms with Crippen LogP contribution in [0.2, 0.25) is 0 Å². The molecule has 1 atom stereocenters. The minimum absolute atomic E-state index is 0.0225. The van der Waals surface area contributed by atoms with Crippen LogP contribution in [0.15, 0.2) is 6.07 Å². The molecule has 1 aromatic heterocycles. The van der Waals surface area contributed by atoms with Crippen molar-refractivity contribution in [1.29, 1.82) is 0 Å². The Morgan fingerprint density at radius 1 is 1.43 bits per heavy atom. The van der Waals surface area contributed by atoms with E-state index in [-0.39, 0.29) is 11.3 Å². The fraction of sp³-hybridized carbons (Fsp3) is 0.765. The van der Waals surface area contributed by atoms with Gasteiger partial charge in [0.25, 0.3) is 5.91 Å². The van der Waals surface area contributed by atoms with E-state index in [0.717, 1.165) is 5.69 Å². The molecule has 2 rings (SSSR count). The van der Waals surface area contributed by atoms with Gasteiger partial charge in [-0.25, -0.2) is 0 Å². The van der Waals surface area contributed by atoms with Gasteiger partial charge in [0.05, 0.1) is 24.4 Å². The second-order valence-corrected chi connectivity index (χ2v) is 7.23. The first-order valence-electron chi connectivity index (χ1n) is 8.32. The van der Waals surface area contributed by atoms with E-state index in [1.54, 1.807) is 4.68 Å². The topological polar surface area (TPSA) is 67.6 Å². The summed E-state index contributed by atoms with van der Waals surface area (Å²) in [5.74, 6) is -0.0225. The Bertz CT molecular complexity index is 563. The van der Waals surface area contributed by atoms with Crippen LogP contribution in [-0.4, -0.2) is 57.6 Å². The third-order valence-corrected chi connectivity index (χ3v) is 4.97. The van der Waals surface area contributed by atoms with Gasteiger partial charge in [0.2, 0.25) is 0 Å². The number of carbonyl (C=O) groups is 1. The van der Waals surface area contributed by atoms with E-state index in [9.17, 15) is 9.90 Å². The summed E-state index contributed by atoms with van der Waals surface area (Å²) < 4.78 is 7.10. The lowest BCUT2D eigenvalue weighted by molar-refractivity contribution is -0.0972. The number of likely N-dealkylation sites (tertiary alicyclic amines) is 1. The number of aliphatic hydroxyl groups is 1. The first-order chi connectivity index (χ1) is 10.7. The molecule has 6 heteroatoms. The summed E-state index contributed by atoms with van der Waals surface area (Å²) in [7, 11) is 0. The molecule has 2 heterocycles. The molecule has 0 radical (unpaired) electrons. The van der Waals surface area contributed by atoms with Crippen molar-refractivity contribution in [2.24, 2.45) is 5.41 Å². The maximum Gasteiger partial charge on any atom is 0.272 e. The van der Waals surface area contributed by atoms with Crippen LogP contribution in [0.5, 0.6) is 0 Å². The molecule has 1 saturated heterocycles. The minimum atomic E-state index is -0.755. The third kappa shape index (κ3) is 3.75. The van der Waals surface area contributed by atoms with E-state index in [4.69, 9.17) is 4.74 Å².